The molecule has 1 rings (SSSR count). The zero-order valence-electron chi connectivity index (χ0n) is 5.18. The number of carbonyl (C=O) groups excluding carboxylic acids is 1. The monoisotopic (exact) mass is 123 g/mol. The highest BCUT2D eigenvalue weighted by atomic mass is 16.1. The van der Waals surface area contributed by atoms with Gasteiger partial charge in [0.25, 0.3) is 0 Å². The number of nitrogens with one attached hydrogen (secondary N) is 1. The molecule has 1 saturated heterocycles. The van der Waals surface area contributed by atoms with E-state index in [0.717, 1.165) is 19.5 Å². The second-order valence-corrected chi connectivity index (χ2v) is 2.20. The first-order valence-corrected chi connectivity index (χ1v) is 3.06. The molecular weight excluding hydrogens is 114 g/mol. The van der Waals surface area contributed by atoms with Crippen molar-refractivity contribution in [2.24, 2.45) is 5.92 Å². The van der Waals surface area contributed by atoms with E-state index in [2.05, 4.69) is 11.2 Å². The maximum absolute atomic E-state index is 10.7. The molecule has 1 atom stereocenters. The smallest absolute Gasteiger partial charge is 0.209 e. The van der Waals surface area contributed by atoms with Crippen LogP contribution in [-0.2, 0) is 4.79 Å². The largest absolute Gasteiger partial charge is 0.316 e. The molecule has 0 bridgehead atoms. The fourth-order valence-corrected chi connectivity index (χ4v) is 0.996. The maximum atomic E-state index is 10.7. The van der Waals surface area contributed by atoms with Gasteiger partial charge in [0.1, 0.15) is 0 Å². The SMILES string of the molecule is C#CC(=O)C1CCNC1. The van der Waals surface area contributed by atoms with Gasteiger partial charge < -0.3 is 5.32 Å². The Labute approximate surface area is 54.6 Å². The van der Waals surface area contributed by atoms with E-state index in [4.69, 9.17) is 6.42 Å². The fraction of sp³-hybridized carbons (Fsp3) is 0.571. The number of hydrogen-bond acceptors (Lipinski definition) is 2. The molecule has 0 spiro atoms. The second-order valence-electron chi connectivity index (χ2n) is 2.20. The van der Waals surface area contributed by atoms with Crippen LogP contribution in [0.1, 0.15) is 6.42 Å². The normalized spacial score (nSPS) is 25.4. The number of Topliss-reactive ketones (excluding diaryl/α,β-unsaturated/α-hetero) is 1. The van der Waals surface area contributed by atoms with Crippen molar-refractivity contribution in [3.8, 4) is 12.3 Å². The van der Waals surface area contributed by atoms with E-state index in [-0.39, 0.29) is 11.7 Å². The van der Waals surface area contributed by atoms with Crippen molar-refractivity contribution < 1.29 is 4.79 Å². The van der Waals surface area contributed by atoms with Crippen molar-refractivity contribution >= 4 is 5.78 Å². The van der Waals surface area contributed by atoms with E-state index in [0.29, 0.717) is 0 Å². The molecule has 1 unspecified atom stereocenters. The molecule has 1 fully saturated rings. The van der Waals surface area contributed by atoms with Crippen molar-refractivity contribution in [1.82, 2.24) is 5.32 Å². The first-order chi connectivity index (χ1) is 4.34. The first-order valence-electron chi connectivity index (χ1n) is 3.06. The average molecular weight is 123 g/mol. The lowest BCUT2D eigenvalue weighted by Crippen LogP contribution is -2.15. The molecule has 2 heteroatoms. The van der Waals surface area contributed by atoms with Crippen molar-refractivity contribution in [3.63, 3.8) is 0 Å². The van der Waals surface area contributed by atoms with E-state index in [1.54, 1.807) is 0 Å². The number of hydrogen-bond donors (Lipinski definition) is 1. The maximum Gasteiger partial charge on any atom is 0.209 e. The predicted octanol–water partition coefficient (Wildman–Crippen LogP) is -0.202. The highest BCUT2D eigenvalue weighted by Gasteiger charge is 2.19. The molecule has 0 aromatic rings. The molecule has 0 aromatic carbocycles. The molecule has 9 heavy (non-hydrogen) atoms. The van der Waals surface area contributed by atoms with E-state index >= 15 is 0 Å². The van der Waals surface area contributed by atoms with Crippen molar-refractivity contribution in [1.29, 1.82) is 0 Å². The Morgan fingerprint density at radius 1 is 1.78 bits per heavy atom. The van der Waals surface area contributed by atoms with Crippen LogP contribution in [0.5, 0.6) is 0 Å². The average Bonchev–Trinajstić information content (AvgIpc) is 2.37. The van der Waals surface area contributed by atoms with Crippen LogP contribution in [0.2, 0.25) is 0 Å². The zero-order chi connectivity index (χ0) is 6.69. The van der Waals surface area contributed by atoms with Crippen molar-refractivity contribution in [3.05, 3.63) is 0 Å². The second kappa shape index (κ2) is 2.65. The molecular formula is C7H9NO. The molecule has 1 aliphatic heterocycles. The van der Waals surface area contributed by atoms with Crippen LogP contribution in [-0.4, -0.2) is 18.9 Å². The van der Waals surface area contributed by atoms with Crippen molar-refractivity contribution in [2.45, 2.75) is 6.42 Å². The van der Waals surface area contributed by atoms with E-state index < -0.39 is 0 Å². The van der Waals surface area contributed by atoms with Crippen LogP contribution in [0.3, 0.4) is 0 Å². The lowest BCUT2D eigenvalue weighted by molar-refractivity contribution is -0.116. The highest BCUT2D eigenvalue weighted by molar-refractivity contribution is 5.97. The summed E-state index contributed by atoms with van der Waals surface area (Å²) in [6.45, 7) is 1.70. The number of rotatable bonds is 1. The summed E-state index contributed by atoms with van der Waals surface area (Å²) in [6.07, 6.45) is 5.83. The predicted molar refractivity (Wildman–Crippen MR) is 34.8 cm³/mol. The summed E-state index contributed by atoms with van der Waals surface area (Å²) in [5.41, 5.74) is 0. The Hall–Kier alpha value is -0.810. The summed E-state index contributed by atoms with van der Waals surface area (Å²) in [4.78, 5) is 10.7. The first kappa shape index (κ1) is 6.31. The van der Waals surface area contributed by atoms with Gasteiger partial charge in [0.2, 0.25) is 5.78 Å². The summed E-state index contributed by atoms with van der Waals surface area (Å²) < 4.78 is 0. The molecule has 0 amide bonds. The zero-order valence-corrected chi connectivity index (χ0v) is 5.18. The summed E-state index contributed by atoms with van der Waals surface area (Å²) >= 11 is 0. The Balaban J connectivity index is 2.44. The van der Waals surface area contributed by atoms with E-state index in [1.807, 2.05) is 0 Å². The van der Waals surface area contributed by atoms with Crippen LogP contribution in [0.25, 0.3) is 0 Å². The summed E-state index contributed by atoms with van der Waals surface area (Å²) in [6, 6.07) is 0. The van der Waals surface area contributed by atoms with Crippen LogP contribution >= 0.6 is 0 Å². The van der Waals surface area contributed by atoms with Gasteiger partial charge in [0, 0.05) is 12.5 Å². The van der Waals surface area contributed by atoms with E-state index in [9.17, 15) is 4.79 Å². The summed E-state index contributed by atoms with van der Waals surface area (Å²) in [5, 5.41) is 3.07. The lowest BCUT2D eigenvalue weighted by Gasteiger charge is -1.97. The minimum Gasteiger partial charge on any atom is -0.316 e. The number of ketones is 1. The van der Waals surface area contributed by atoms with Gasteiger partial charge in [-0.05, 0) is 18.9 Å². The molecule has 1 N–H and O–H groups in total. The molecule has 0 aromatic heterocycles. The van der Waals surface area contributed by atoms with Gasteiger partial charge >= 0.3 is 0 Å². The number of terminal acetylenes is 1. The van der Waals surface area contributed by atoms with Gasteiger partial charge in [-0.15, -0.1) is 6.42 Å². The number of carbonyl (C=O) groups is 1. The van der Waals surface area contributed by atoms with Crippen molar-refractivity contribution in [2.75, 3.05) is 13.1 Å². The minimum atomic E-state index is -0.0556. The molecule has 2 nitrogen and oxygen atoms in total. The third-order valence-electron chi connectivity index (χ3n) is 1.57. The Bertz CT molecular complexity index is 151. The van der Waals surface area contributed by atoms with Crippen LogP contribution < -0.4 is 5.32 Å². The van der Waals surface area contributed by atoms with Gasteiger partial charge in [-0.2, -0.15) is 0 Å². The topological polar surface area (TPSA) is 29.1 Å². The molecule has 48 valence electrons. The standard InChI is InChI=1S/C7H9NO/c1-2-7(9)6-3-4-8-5-6/h1,6,8H,3-5H2. The van der Waals surface area contributed by atoms with Gasteiger partial charge in [-0.3, -0.25) is 4.79 Å². The van der Waals surface area contributed by atoms with Gasteiger partial charge in [-0.1, -0.05) is 0 Å². The van der Waals surface area contributed by atoms with Crippen LogP contribution in [0.15, 0.2) is 0 Å². The third kappa shape index (κ3) is 1.30. The Morgan fingerprint density at radius 2 is 2.56 bits per heavy atom. The summed E-state index contributed by atoms with van der Waals surface area (Å²) in [5.74, 6) is 2.16. The quantitative estimate of drug-likeness (QED) is 0.386. The van der Waals surface area contributed by atoms with Crippen LogP contribution in [0, 0.1) is 18.3 Å². The third-order valence-corrected chi connectivity index (χ3v) is 1.57. The fourth-order valence-electron chi connectivity index (χ4n) is 0.996. The Morgan fingerprint density at radius 3 is 3.00 bits per heavy atom. The van der Waals surface area contributed by atoms with Gasteiger partial charge in [-0.25, -0.2) is 0 Å². The Kier molecular flexibility index (Phi) is 1.86. The molecule has 0 aliphatic carbocycles. The summed E-state index contributed by atoms with van der Waals surface area (Å²) in [7, 11) is 0. The minimum absolute atomic E-state index is 0.0556. The highest BCUT2D eigenvalue weighted by Crippen LogP contribution is 2.07. The van der Waals surface area contributed by atoms with Crippen LogP contribution in [0.4, 0.5) is 0 Å². The molecule has 1 heterocycles. The van der Waals surface area contributed by atoms with E-state index in [1.165, 1.54) is 0 Å². The molecule has 0 saturated carbocycles. The van der Waals surface area contributed by atoms with Gasteiger partial charge in [0.15, 0.2) is 0 Å². The molecule has 0 radical (unpaired) electrons. The molecule has 1 aliphatic rings. The van der Waals surface area contributed by atoms with Gasteiger partial charge in [0.05, 0.1) is 0 Å². The lowest BCUT2D eigenvalue weighted by atomic mass is 10.0.